The maximum atomic E-state index is 13.1. The first-order valence-electron chi connectivity index (χ1n) is 8.35. The Morgan fingerprint density at radius 2 is 1.23 bits per heavy atom. The first-order chi connectivity index (χ1) is 12.8. The van der Waals surface area contributed by atoms with Crippen molar-refractivity contribution in [1.29, 1.82) is 0 Å². The maximum absolute atomic E-state index is 13.1. The third-order valence-electron chi connectivity index (χ3n) is 4.50. The Bertz CT molecular complexity index is 1310. The average Bonchev–Trinajstić information content (AvgIpc) is 2.88. The van der Waals surface area contributed by atoms with Crippen molar-refractivity contribution in [2.75, 3.05) is 0 Å². The van der Waals surface area contributed by atoms with E-state index in [0.717, 1.165) is 21.9 Å². The molecule has 122 valence electrons. The van der Waals surface area contributed by atoms with Crippen molar-refractivity contribution < 1.29 is 0 Å². The van der Waals surface area contributed by atoms with Crippen molar-refractivity contribution in [3.8, 4) is 22.5 Å². The van der Waals surface area contributed by atoms with Crippen LogP contribution in [0.1, 0.15) is 0 Å². The van der Waals surface area contributed by atoms with Gasteiger partial charge in [-0.05, 0) is 36.4 Å². The molecule has 4 nitrogen and oxygen atoms in total. The molecule has 1 aromatic heterocycles. The van der Waals surface area contributed by atoms with Crippen molar-refractivity contribution in [3.63, 3.8) is 0 Å². The van der Waals surface area contributed by atoms with Crippen LogP contribution in [0.3, 0.4) is 0 Å². The molecule has 0 fully saturated rings. The lowest BCUT2D eigenvalue weighted by Crippen LogP contribution is -2.09. The molecule has 0 spiro atoms. The van der Waals surface area contributed by atoms with Crippen molar-refractivity contribution in [2.45, 2.75) is 0 Å². The number of nitrogens with zero attached hydrogens (tertiary/aromatic N) is 3. The van der Waals surface area contributed by atoms with E-state index in [1.807, 2.05) is 66.7 Å². The third kappa shape index (κ3) is 2.31. The number of fused-ring (bicyclic) bond motifs is 3. The van der Waals surface area contributed by atoms with Crippen LogP contribution in [0.25, 0.3) is 44.5 Å². The Balaban J connectivity index is 1.78. The number of benzene rings is 3. The van der Waals surface area contributed by atoms with Crippen LogP contribution in [0.5, 0.6) is 0 Å². The molecule has 3 aromatic rings. The van der Waals surface area contributed by atoms with E-state index in [2.05, 4.69) is 15.0 Å². The predicted octanol–water partition coefficient (Wildman–Crippen LogP) is 4.31. The van der Waals surface area contributed by atoms with Crippen molar-refractivity contribution in [3.05, 3.63) is 89.2 Å². The summed E-state index contributed by atoms with van der Waals surface area (Å²) in [5.41, 5.74) is 4.62. The number of para-hydroxylation sites is 3. The maximum Gasteiger partial charge on any atom is 0.198 e. The van der Waals surface area contributed by atoms with Gasteiger partial charge >= 0.3 is 0 Å². The highest BCUT2D eigenvalue weighted by Crippen LogP contribution is 2.23. The Labute approximate surface area is 149 Å². The minimum atomic E-state index is -0.106. The monoisotopic (exact) mass is 335 g/mol. The quantitative estimate of drug-likeness (QED) is 0.458. The average molecular weight is 335 g/mol. The number of hydrogen-bond donors (Lipinski definition) is 0. The summed E-state index contributed by atoms with van der Waals surface area (Å²) < 4.78 is 0. The first-order valence-corrected chi connectivity index (χ1v) is 8.35. The summed E-state index contributed by atoms with van der Waals surface area (Å²) in [5.74, 6) is 0. The zero-order chi connectivity index (χ0) is 17.5. The largest absolute Gasteiger partial charge is 0.288 e. The molecular formula is C22H13N3O. The zero-order valence-electron chi connectivity index (χ0n) is 13.8. The number of rotatable bonds is 1. The summed E-state index contributed by atoms with van der Waals surface area (Å²) in [6.07, 6.45) is 1.61. The van der Waals surface area contributed by atoms with Gasteiger partial charge in [-0.15, -0.1) is 0 Å². The highest BCUT2D eigenvalue weighted by atomic mass is 16.1. The molecule has 0 saturated heterocycles. The molecule has 0 amide bonds. The van der Waals surface area contributed by atoms with Gasteiger partial charge < -0.3 is 0 Å². The summed E-state index contributed by atoms with van der Waals surface area (Å²) in [6.45, 7) is 0. The lowest BCUT2D eigenvalue weighted by Gasteiger charge is -2.05. The lowest BCUT2D eigenvalue weighted by atomic mass is 10.0. The summed E-state index contributed by atoms with van der Waals surface area (Å²) in [5, 5.41) is 1.05. The molecule has 0 bridgehead atoms. The molecule has 0 saturated carbocycles. The number of hydrogen-bond acceptors (Lipinski definition) is 4. The highest BCUT2D eigenvalue weighted by molar-refractivity contribution is 5.83. The molecule has 2 aliphatic rings. The van der Waals surface area contributed by atoms with Gasteiger partial charge in [0, 0.05) is 17.1 Å². The van der Waals surface area contributed by atoms with E-state index in [1.54, 1.807) is 12.3 Å². The van der Waals surface area contributed by atoms with Gasteiger partial charge in [-0.1, -0.05) is 36.4 Å². The molecule has 0 atom stereocenters. The topological polar surface area (TPSA) is 55.7 Å². The summed E-state index contributed by atoms with van der Waals surface area (Å²) in [4.78, 5) is 26.7. The molecule has 1 aliphatic heterocycles. The standard InChI is InChI=1S/C22H13N3O/c26-22-15(18-11-9-14-5-1-2-6-17(14)24-18)10-12-19-16(22)13-23-20-7-3-4-8-21(20)25-19/h1-13H. The molecule has 26 heavy (non-hydrogen) atoms. The van der Waals surface area contributed by atoms with Crippen LogP contribution in [0.4, 0.5) is 0 Å². The van der Waals surface area contributed by atoms with E-state index in [9.17, 15) is 4.79 Å². The molecular weight excluding hydrogens is 322 g/mol. The fourth-order valence-corrected chi connectivity index (χ4v) is 3.16. The highest BCUT2D eigenvalue weighted by Gasteiger charge is 2.14. The molecule has 4 heteroatoms. The fourth-order valence-electron chi connectivity index (χ4n) is 3.16. The van der Waals surface area contributed by atoms with Crippen LogP contribution in [-0.4, -0.2) is 15.0 Å². The van der Waals surface area contributed by atoms with Gasteiger partial charge in [0.25, 0.3) is 0 Å². The molecule has 5 rings (SSSR count). The van der Waals surface area contributed by atoms with Crippen LogP contribution in [-0.2, 0) is 0 Å². The Morgan fingerprint density at radius 3 is 2.12 bits per heavy atom. The van der Waals surface area contributed by atoms with Gasteiger partial charge in [0.05, 0.1) is 33.5 Å². The van der Waals surface area contributed by atoms with E-state index in [4.69, 9.17) is 0 Å². The van der Waals surface area contributed by atoms with E-state index in [0.29, 0.717) is 22.5 Å². The van der Waals surface area contributed by atoms with Crippen LogP contribution in [0.2, 0.25) is 0 Å². The fraction of sp³-hybridized carbons (Fsp3) is 0. The van der Waals surface area contributed by atoms with Crippen molar-refractivity contribution >= 4 is 21.9 Å². The van der Waals surface area contributed by atoms with E-state index < -0.39 is 0 Å². The second-order valence-corrected chi connectivity index (χ2v) is 6.12. The Morgan fingerprint density at radius 1 is 0.577 bits per heavy atom. The summed E-state index contributed by atoms with van der Waals surface area (Å²) >= 11 is 0. The van der Waals surface area contributed by atoms with E-state index >= 15 is 0 Å². The number of pyridine rings is 1. The molecule has 0 N–H and O–H groups in total. The Hall–Kier alpha value is -3.66. The molecule has 2 heterocycles. The van der Waals surface area contributed by atoms with Gasteiger partial charge in [-0.25, -0.2) is 9.97 Å². The van der Waals surface area contributed by atoms with Gasteiger partial charge in [-0.3, -0.25) is 9.78 Å². The smallest absolute Gasteiger partial charge is 0.198 e. The van der Waals surface area contributed by atoms with Crippen molar-refractivity contribution in [2.24, 2.45) is 0 Å². The van der Waals surface area contributed by atoms with Crippen LogP contribution < -0.4 is 5.43 Å². The van der Waals surface area contributed by atoms with Crippen LogP contribution in [0.15, 0.2) is 83.8 Å². The van der Waals surface area contributed by atoms with Crippen LogP contribution >= 0.6 is 0 Å². The summed E-state index contributed by atoms with van der Waals surface area (Å²) in [7, 11) is 0. The molecule has 2 aromatic carbocycles. The second kappa shape index (κ2) is 5.70. The van der Waals surface area contributed by atoms with Crippen molar-refractivity contribution in [1.82, 2.24) is 15.0 Å². The lowest BCUT2D eigenvalue weighted by molar-refractivity contribution is 1.34. The second-order valence-electron chi connectivity index (χ2n) is 6.12. The SMILES string of the molecule is O=c1c(-c2ccc3ccccc3n2)ccc2nc3ccccc3ncc1-2. The molecule has 0 unspecified atom stereocenters. The summed E-state index contributed by atoms with van der Waals surface area (Å²) in [6, 6.07) is 23.0. The first kappa shape index (κ1) is 14.7. The Kier molecular flexibility index (Phi) is 3.22. The van der Waals surface area contributed by atoms with E-state index in [1.165, 1.54) is 0 Å². The number of aromatic nitrogens is 3. The van der Waals surface area contributed by atoms with Gasteiger partial charge in [-0.2, -0.15) is 0 Å². The predicted molar refractivity (Wildman–Crippen MR) is 103 cm³/mol. The minimum absolute atomic E-state index is 0.106. The van der Waals surface area contributed by atoms with Crippen LogP contribution in [0, 0.1) is 0 Å². The minimum Gasteiger partial charge on any atom is -0.288 e. The van der Waals surface area contributed by atoms with Gasteiger partial charge in [0.1, 0.15) is 0 Å². The third-order valence-corrected chi connectivity index (χ3v) is 4.50. The molecule has 0 radical (unpaired) electrons. The normalized spacial score (nSPS) is 11.2. The van der Waals surface area contributed by atoms with E-state index in [-0.39, 0.29) is 5.43 Å². The van der Waals surface area contributed by atoms with Gasteiger partial charge in [0.2, 0.25) is 0 Å². The molecule has 1 aliphatic carbocycles. The zero-order valence-corrected chi connectivity index (χ0v) is 13.8. The van der Waals surface area contributed by atoms with Gasteiger partial charge in [0.15, 0.2) is 5.43 Å².